The first-order valence-corrected chi connectivity index (χ1v) is 8.53. The molecule has 1 aromatic rings. The second kappa shape index (κ2) is 8.32. The fraction of sp³-hybridized carbons (Fsp3) is 0.444. The predicted octanol–water partition coefficient (Wildman–Crippen LogP) is 3.27. The van der Waals surface area contributed by atoms with Gasteiger partial charge in [-0.2, -0.15) is 13.2 Å². The van der Waals surface area contributed by atoms with Crippen molar-refractivity contribution in [2.75, 3.05) is 24.6 Å². The van der Waals surface area contributed by atoms with Crippen molar-refractivity contribution in [3.05, 3.63) is 41.1 Å². The van der Waals surface area contributed by atoms with Crippen LogP contribution < -0.4 is 15.5 Å². The average Bonchev–Trinajstić information content (AvgIpc) is 2.60. The van der Waals surface area contributed by atoms with Gasteiger partial charge in [0, 0.05) is 24.5 Å². The molecule has 1 aliphatic rings. The highest BCUT2D eigenvalue weighted by molar-refractivity contribution is 5.95. The van der Waals surface area contributed by atoms with Gasteiger partial charge in [0.15, 0.2) is 6.61 Å². The molecule has 0 radical (unpaired) electrons. The molecule has 1 aromatic carbocycles. The van der Waals surface area contributed by atoms with Crippen LogP contribution in [-0.2, 0) is 9.53 Å². The minimum Gasteiger partial charge on any atom is -0.453 e. The number of benzene rings is 1. The largest absolute Gasteiger partial charge is 0.453 e. The first-order valence-electron chi connectivity index (χ1n) is 8.53. The lowest BCUT2D eigenvalue weighted by molar-refractivity contribution is -0.183. The van der Waals surface area contributed by atoms with Crippen molar-refractivity contribution < 1.29 is 27.5 Å². The van der Waals surface area contributed by atoms with Gasteiger partial charge < -0.3 is 20.3 Å². The lowest BCUT2D eigenvalue weighted by Crippen LogP contribution is -2.45. The Bertz CT molecular complexity index is 726. The third-order valence-corrected chi connectivity index (χ3v) is 4.21. The first kappa shape index (κ1) is 20.6. The zero-order valence-electron chi connectivity index (χ0n) is 15.3. The Kier molecular flexibility index (Phi) is 6.35. The Morgan fingerprint density at radius 3 is 2.30 bits per heavy atom. The van der Waals surface area contributed by atoms with E-state index in [2.05, 4.69) is 20.3 Å². The van der Waals surface area contributed by atoms with E-state index >= 15 is 0 Å². The van der Waals surface area contributed by atoms with Crippen LogP contribution in [0.4, 0.5) is 23.7 Å². The van der Waals surface area contributed by atoms with Crippen LogP contribution in [0.2, 0.25) is 0 Å². The number of carbonyl (C=O) groups is 2. The van der Waals surface area contributed by atoms with Gasteiger partial charge in [-0.1, -0.05) is 12.1 Å². The number of esters is 1. The van der Waals surface area contributed by atoms with E-state index in [9.17, 15) is 22.8 Å². The molecular weight excluding hydrogens is 363 g/mol. The summed E-state index contributed by atoms with van der Waals surface area (Å²) in [7, 11) is 0. The number of rotatable bonds is 6. The number of anilines is 1. The summed E-state index contributed by atoms with van der Waals surface area (Å²) in [5.41, 5.74) is 1.63. The van der Waals surface area contributed by atoms with Crippen molar-refractivity contribution in [3.8, 4) is 0 Å². The molecule has 148 valence electrons. The van der Waals surface area contributed by atoms with Gasteiger partial charge in [0.2, 0.25) is 0 Å². The van der Waals surface area contributed by atoms with Crippen molar-refractivity contribution in [2.45, 2.75) is 33.0 Å². The van der Waals surface area contributed by atoms with Gasteiger partial charge >= 0.3 is 18.2 Å². The summed E-state index contributed by atoms with van der Waals surface area (Å²) >= 11 is 0. The van der Waals surface area contributed by atoms with Gasteiger partial charge in [-0.3, -0.25) is 0 Å². The third-order valence-electron chi connectivity index (χ3n) is 4.21. The van der Waals surface area contributed by atoms with E-state index in [0.29, 0.717) is 5.56 Å². The van der Waals surface area contributed by atoms with E-state index in [1.54, 1.807) is 12.1 Å². The lowest BCUT2D eigenvalue weighted by Gasteiger charge is -2.29. The van der Waals surface area contributed by atoms with Crippen molar-refractivity contribution in [3.63, 3.8) is 0 Å². The number of hydrogen-bond acceptors (Lipinski definition) is 4. The number of ether oxygens (including phenoxy) is 1. The molecule has 27 heavy (non-hydrogen) atoms. The summed E-state index contributed by atoms with van der Waals surface area (Å²) < 4.78 is 41.5. The molecule has 0 saturated heterocycles. The second-order valence-corrected chi connectivity index (χ2v) is 6.03. The number of amides is 2. The molecule has 1 atom stereocenters. The number of nitrogens with zero attached hydrogens (tertiary/aromatic N) is 1. The first-order chi connectivity index (χ1) is 12.7. The van der Waals surface area contributed by atoms with Gasteiger partial charge in [0.1, 0.15) is 0 Å². The Morgan fingerprint density at radius 2 is 1.78 bits per heavy atom. The molecule has 1 heterocycles. The summed E-state index contributed by atoms with van der Waals surface area (Å²) in [6, 6.07) is 5.69. The van der Waals surface area contributed by atoms with E-state index in [-0.39, 0.29) is 11.3 Å². The zero-order valence-corrected chi connectivity index (χ0v) is 15.3. The van der Waals surface area contributed by atoms with E-state index < -0.39 is 30.8 Å². The number of halogens is 3. The summed E-state index contributed by atoms with van der Waals surface area (Å²) in [5.74, 6) is -1.13. The third kappa shape index (κ3) is 5.15. The average molecular weight is 385 g/mol. The quantitative estimate of drug-likeness (QED) is 0.738. The fourth-order valence-electron chi connectivity index (χ4n) is 2.91. The van der Waals surface area contributed by atoms with Crippen LogP contribution in [0.25, 0.3) is 0 Å². The van der Waals surface area contributed by atoms with Crippen molar-refractivity contribution in [2.24, 2.45) is 0 Å². The minimum absolute atomic E-state index is 0.0607. The van der Waals surface area contributed by atoms with Crippen LogP contribution in [0.15, 0.2) is 35.5 Å². The molecule has 9 heteroatoms. The fourth-order valence-corrected chi connectivity index (χ4v) is 2.91. The van der Waals surface area contributed by atoms with Gasteiger partial charge in [-0.05, 0) is 38.5 Å². The Labute approximate surface area is 155 Å². The summed E-state index contributed by atoms with van der Waals surface area (Å²) in [4.78, 5) is 26.2. The number of urea groups is 1. The molecule has 0 spiro atoms. The summed E-state index contributed by atoms with van der Waals surface area (Å²) in [5, 5.41) is 4.96. The van der Waals surface area contributed by atoms with Crippen molar-refractivity contribution in [1.29, 1.82) is 0 Å². The molecule has 2 rings (SSSR count). The maximum absolute atomic E-state index is 12.4. The molecule has 0 bridgehead atoms. The lowest BCUT2D eigenvalue weighted by atomic mass is 9.95. The molecule has 6 nitrogen and oxygen atoms in total. The predicted molar refractivity (Wildman–Crippen MR) is 94.1 cm³/mol. The van der Waals surface area contributed by atoms with E-state index in [4.69, 9.17) is 0 Å². The number of carbonyl (C=O) groups excluding carboxylic acids is 2. The number of nitrogens with one attached hydrogen (secondary N) is 2. The normalized spacial score (nSPS) is 17.3. The van der Waals surface area contributed by atoms with Crippen LogP contribution in [0, 0.1) is 0 Å². The smallest absolute Gasteiger partial charge is 0.422 e. The van der Waals surface area contributed by atoms with E-state index in [0.717, 1.165) is 18.8 Å². The van der Waals surface area contributed by atoms with Gasteiger partial charge in [-0.25, -0.2) is 9.59 Å². The van der Waals surface area contributed by atoms with Gasteiger partial charge in [-0.15, -0.1) is 0 Å². The maximum Gasteiger partial charge on any atom is 0.422 e. The molecule has 0 aromatic heterocycles. The SMILES string of the molecule is CCN(CC)c1ccc(C2NC(=O)NC(C)=C2C(=O)OCC(F)(F)F)cc1. The molecule has 1 aliphatic heterocycles. The Balaban J connectivity index is 2.30. The molecular formula is C18H22F3N3O3. The molecule has 0 aliphatic carbocycles. The molecule has 1 unspecified atom stereocenters. The minimum atomic E-state index is -4.63. The van der Waals surface area contributed by atoms with Gasteiger partial charge in [0.05, 0.1) is 11.6 Å². The van der Waals surface area contributed by atoms with Crippen molar-refractivity contribution in [1.82, 2.24) is 10.6 Å². The van der Waals surface area contributed by atoms with Gasteiger partial charge in [0.25, 0.3) is 0 Å². The highest BCUT2D eigenvalue weighted by Crippen LogP contribution is 2.29. The topological polar surface area (TPSA) is 70.7 Å². The highest BCUT2D eigenvalue weighted by atomic mass is 19.4. The van der Waals surface area contributed by atoms with E-state index in [1.807, 2.05) is 26.0 Å². The van der Waals surface area contributed by atoms with Crippen LogP contribution in [0.3, 0.4) is 0 Å². The number of allylic oxidation sites excluding steroid dienone is 1. The molecule has 0 saturated carbocycles. The number of alkyl halides is 3. The van der Waals surface area contributed by atoms with E-state index in [1.165, 1.54) is 6.92 Å². The number of hydrogen-bond donors (Lipinski definition) is 2. The van der Waals surface area contributed by atoms with Crippen LogP contribution in [0.5, 0.6) is 0 Å². The standard InChI is InChI=1S/C18H22F3N3O3/c1-4-24(5-2)13-8-6-12(7-9-13)15-14(11(3)22-17(26)23-15)16(25)27-10-18(19,20)21/h6-9,15H,4-5,10H2,1-3H3,(H2,22,23,26). The summed E-state index contributed by atoms with van der Waals surface area (Å²) in [6.45, 7) is 5.42. The molecule has 2 amide bonds. The Hall–Kier alpha value is -2.71. The zero-order chi connectivity index (χ0) is 20.2. The van der Waals surface area contributed by atoms with Crippen LogP contribution >= 0.6 is 0 Å². The van der Waals surface area contributed by atoms with Crippen LogP contribution in [0.1, 0.15) is 32.4 Å². The Morgan fingerprint density at radius 1 is 1.19 bits per heavy atom. The van der Waals surface area contributed by atoms with Crippen LogP contribution in [-0.4, -0.2) is 37.9 Å². The second-order valence-electron chi connectivity index (χ2n) is 6.03. The molecule has 0 fully saturated rings. The maximum atomic E-state index is 12.4. The monoisotopic (exact) mass is 385 g/mol. The summed E-state index contributed by atoms with van der Waals surface area (Å²) in [6.07, 6.45) is -4.63. The highest BCUT2D eigenvalue weighted by Gasteiger charge is 2.35. The molecule has 2 N–H and O–H groups in total. The van der Waals surface area contributed by atoms with Crippen molar-refractivity contribution >= 4 is 17.7 Å².